The van der Waals surface area contributed by atoms with Crippen LogP contribution in [0.4, 0.5) is 16.4 Å². The van der Waals surface area contributed by atoms with E-state index in [0.717, 1.165) is 4.90 Å². The maximum absolute atomic E-state index is 13.5. The molecule has 5 aromatic rings. The van der Waals surface area contributed by atoms with Crippen molar-refractivity contribution >= 4 is 34.7 Å². The highest BCUT2D eigenvalue weighted by atomic mass is 16.5. The Bertz CT molecular complexity index is 1830. The summed E-state index contributed by atoms with van der Waals surface area (Å²) in [6.45, 7) is 5.05. The van der Waals surface area contributed by atoms with Gasteiger partial charge >= 0.3 is 6.09 Å². The first kappa shape index (κ1) is 28.2. The number of aromatic nitrogens is 4. The van der Waals surface area contributed by atoms with Crippen LogP contribution >= 0.6 is 0 Å². The summed E-state index contributed by atoms with van der Waals surface area (Å²) in [6, 6.07) is 20.7. The maximum Gasteiger partial charge on any atom is 0.413 e. The highest BCUT2D eigenvalue weighted by molar-refractivity contribution is 6.05. The molecule has 0 fully saturated rings. The van der Waals surface area contributed by atoms with Gasteiger partial charge in [0.05, 0.1) is 34.6 Å². The minimum Gasteiger partial charge on any atom is -0.465 e. The van der Waals surface area contributed by atoms with Crippen LogP contribution < -0.4 is 20.5 Å². The Labute approximate surface area is 240 Å². The quantitative estimate of drug-likeness (QED) is 0.210. The first-order chi connectivity index (χ1) is 19.9. The number of hydrogen-bond acceptors (Lipinski definition) is 6. The SMILES string of the molecule is Cc1c(C(=O)Nc2ccc(Oc3ccc4nc(N(C)C(=O)O)[nH]c4c3)cc2)c(=O)n(-c2ccccc2)n1CC(C)(C)O. The molecule has 0 unspecified atom stereocenters. The molecule has 2 aromatic heterocycles. The zero-order chi connectivity index (χ0) is 30.2. The average molecular weight is 571 g/mol. The third-order valence-electron chi connectivity index (χ3n) is 6.55. The van der Waals surface area contributed by atoms with E-state index in [2.05, 4.69) is 15.3 Å². The number of carbonyl (C=O) groups excluding carboxylic acids is 1. The fraction of sp³-hybridized carbons (Fsp3) is 0.200. The summed E-state index contributed by atoms with van der Waals surface area (Å²) >= 11 is 0. The zero-order valence-electron chi connectivity index (χ0n) is 23.5. The topological polar surface area (TPSA) is 155 Å². The molecule has 3 aromatic carbocycles. The van der Waals surface area contributed by atoms with Crippen molar-refractivity contribution < 1.29 is 24.5 Å². The van der Waals surface area contributed by atoms with Crippen molar-refractivity contribution in [2.45, 2.75) is 32.9 Å². The zero-order valence-corrected chi connectivity index (χ0v) is 23.5. The van der Waals surface area contributed by atoms with E-state index in [1.807, 2.05) is 6.07 Å². The first-order valence-electron chi connectivity index (χ1n) is 13.1. The van der Waals surface area contributed by atoms with Gasteiger partial charge in [0.2, 0.25) is 5.95 Å². The molecule has 4 N–H and O–H groups in total. The average Bonchev–Trinajstić information content (AvgIpc) is 3.46. The number of ether oxygens (including phenoxy) is 1. The van der Waals surface area contributed by atoms with E-state index in [4.69, 9.17) is 9.84 Å². The number of carbonyl (C=O) groups is 2. The fourth-order valence-corrected chi connectivity index (χ4v) is 4.52. The monoisotopic (exact) mass is 570 g/mol. The predicted octanol–water partition coefficient (Wildman–Crippen LogP) is 4.75. The Kier molecular flexibility index (Phi) is 7.31. The molecule has 12 heteroatoms. The highest BCUT2D eigenvalue weighted by Gasteiger charge is 2.27. The lowest BCUT2D eigenvalue weighted by atomic mass is 10.1. The van der Waals surface area contributed by atoms with E-state index in [-0.39, 0.29) is 18.1 Å². The largest absolute Gasteiger partial charge is 0.465 e. The summed E-state index contributed by atoms with van der Waals surface area (Å²) in [4.78, 5) is 46.2. The number of rotatable bonds is 8. The van der Waals surface area contributed by atoms with Crippen LogP contribution in [0.25, 0.3) is 16.7 Å². The molecular weight excluding hydrogens is 540 g/mol. The molecule has 0 radical (unpaired) electrons. The van der Waals surface area contributed by atoms with Gasteiger partial charge < -0.3 is 25.3 Å². The van der Waals surface area contributed by atoms with Crippen LogP contribution in [0.3, 0.4) is 0 Å². The van der Waals surface area contributed by atoms with Crippen LogP contribution in [-0.2, 0) is 6.54 Å². The number of imidazole rings is 1. The number of carboxylic acid groups (broad SMARTS) is 1. The number of hydrogen-bond donors (Lipinski definition) is 4. The van der Waals surface area contributed by atoms with Crippen LogP contribution in [0.1, 0.15) is 29.9 Å². The van der Waals surface area contributed by atoms with Gasteiger partial charge in [-0.3, -0.25) is 19.2 Å². The van der Waals surface area contributed by atoms with Crippen LogP contribution in [0.5, 0.6) is 11.5 Å². The minimum absolute atomic E-state index is 0.0239. The Balaban J connectivity index is 1.35. The summed E-state index contributed by atoms with van der Waals surface area (Å²) in [5.74, 6) is 0.611. The molecule has 216 valence electrons. The fourth-order valence-electron chi connectivity index (χ4n) is 4.52. The molecule has 2 amide bonds. The summed E-state index contributed by atoms with van der Waals surface area (Å²) in [5.41, 5.74) is 1.00. The number of anilines is 2. The molecule has 42 heavy (non-hydrogen) atoms. The van der Waals surface area contributed by atoms with Gasteiger partial charge in [-0.15, -0.1) is 0 Å². The van der Waals surface area contributed by atoms with Crippen LogP contribution in [0.15, 0.2) is 77.6 Å². The molecule has 2 heterocycles. The predicted molar refractivity (Wildman–Crippen MR) is 158 cm³/mol. The minimum atomic E-state index is -1.14. The van der Waals surface area contributed by atoms with Crippen LogP contribution in [0, 0.1) is 6.92 Å². The van der Waals surface area contributed by atoms with E-state index in [1.54, 1.807) is 92.2 Å². The van der Waals surface area contributed by atoms with Crippen molar-refractivity contribution in [3.63, 3.8) is 0 Å². The standard InChI is InChI=1S/C30H30N6O6/c1-18-25(27(38)36(20-8-6-5-7-9-20)35(18)17-30(2,3)41)26(37)31-19-10-12-21(13-11-19)42-22-14-15-23-24(16-22)33-28(32-23)34(4)29(39)40/h5-16,41H,17H2,1-4H3,(H,31,37)(H,32,33)(H,39,40). The lowest BCUT2D eigenvalue weighted by Gasteiger charge is -2.22. The van der Waals surface area contributed by atoms with Crippen molar-refractivity contribution in [2.24, 2.45) is 0 Å². The van der Waals surface area contributed by atoms with E-state index in [0.29, 0.717) is 39.6 Å². The van der Waals surface area contributed by atoms with Crippen molar-refractivity contribution in [1.29, 1.82) is 0 Å². The van der Waals surface area contributed by atoms with Gasteiger partial charge in [-0.2, -0.15) is 0 Å². The van der Waals surface area contributed by atoms with E-state index in [1.165, 1.54) is 11.7 Å². The molecule has 0 saturated heterocycles. The second-order valence-corrected chi connectivity index (χ2v) is 10.4. The number of benzene rings is 3. The van der Waals surface area contributed by atoms with Gasteiger partial charge in [0, 0.05) is 18.8 Å². The molecular formula is C30H30N6O6. The summed E-state index contributed by atoms with van der Waals surface area (Å²) in [5, 5.41) is 22.4. The van der Waals surface area contributed by atoms with Crippen molar-refractivity contribution in [2.75, 3.05) is 17.3 Å². The number of nitrogens with zero attached hydrogens (tertiary/aromatic N) is 4. The first-order valence-corrected chi connectivity index (χ1v) is 13.1. The molecule has 5 rings (SSSR count). The molecule has 0 bridgehead atoms. The van der Waals surface area contributed by atoms with Crippen molar-refractivity contribution in [1.82, 2.24) is 19.3 Å². The van der Waals surface area contributed by atoms with Crippen molar-refractivity contribution in [3.8, 4) is 17.2 Å². The molecule has 0 atom stereocenters. The van der Waals surface area contributed by atoms with Crippen LogP contribution in [-0.4, -0.2) is 54.2 Å². The number of aromatic amines is 1. The Morgan fingerprint density at radius 3 is 2.36 bits per heavy atom. The van der Waals surface area contributed by atoms with Gasteiger partial charge in [0.25, 0.3) is 11.5 Å². The highest BCUT2D eigenvalue weighted by Crippen LogP contribution is 2.27. The number of para-hydroxylation sites is 1. The van der Waals surface area contributed by atoms with Crippen molar-refractivity contribution in [3.05, 3.63) is 94.4 Å². The third kappa shape index (κ3) is 5.74. The van der Waals surface area contributed by atoms with Gasteiger partial charge in [0.1, 0.15) is 17.1 Å². The number of nitrogens with one attached hydrogen (secondary N) is 2. The molecule has 0 saturated carbocycles. The number of amides is 2. The summed E-state index contributed by atoms with van der Waals surface area (Å²) < 4.78 is 8.95. The van der Waals surface area contributed by atoms with Gasteiger partial charge in [0.15, 0.2) is 0 Å². The third-order valence-corrected chi connectivity index (χ3v) is 6.55. The summed E-state index contributed by atoms with van der Waals surface area (Å²) in [7, 11) is 1.39. The van der Waals surface area contributed by atoms with E-state index in [9.17, 15) is 19.5 Å². The van der Waals surface area contributed by atoms with Gasteiger partial charge in [-0.1, -0.05) is 18.2 Å². The maximum atomic E-state index is 13.5. The smallest absolute Gasteiger partial charge is 0.413 e. The van der Waals surface area contributed by atoms with E-state index >= 15 is 0 Å². The molecule has 0 aliphatic heterocycles. The second kappa shape index (κ2) is 10.9. The molecule has 12 nitrogen and oxygen atoms in total. The van der Waals surface area contributed by atoms with E-state index < -0.39 is 23.2 Å². The summed E-state index contributed by atoms with van der Waals surface area (Å²) in [6.07, 6.45) is -1.14. The number of H-pyrrole nitrogens is 1. The van der Waals surface area contributed by atoms with Gasteiger partial charge in [-0.05, 0) is 69.3 Å². The van der Waals surface area contributed by atoms with Gasteiger partial charge in [-0.25, -0.2) is 14.5 Å². The Morgan fingerprint density at radius 1 is 1.05 bits per heavy atom. The number of aliphatic hydroxyl groups is 1. The Hall–Kier alpha value is -5.36. The number of fused-ring (bicyclic) bond motifs is 1. The Morgan fingerprint density at radius 2 is 1.71 bits per heavy atom. The van der Waals surface area contributed by atoms with Crippen LogP contribution in [0.2, 0.25) is 0 Å². The lowest BCUT2D eigenvalue weighted by Crippen LogP contribution is -2.32. The normalized spacial score (nSPS) is 11.5. The molecule has 0 aliphatic rings. The molecule has 0 spiro atoms. The molecule has 0 aliphatic carbocycles. The lowest BCUT2D eigenvalue weighted by molar-refractivity contribution is 0.0546. The second-order valence-electron chi connectivity index (χ2n) is 10.4.